The van der Waals surface area contributed by atoms with E-state index in [2.05, 4.69) is 15.2 Å². The van der Waals surface area contributed by atoms with Crippen LogP contribution >= 0.6 is 0 Å². The van der Waals surface area contributed by atoms with E-state index in [-0.39, 0.29) is 5.82 Å². The maximum absolute atomic E-state index is 10.4. The Balaban J connectivity index is 2.10. The second-order valence-electron chi connectivity index (χ2n) is 5.00. The second kappa shape index (κ2) is 4.35. The van der Waals surface area contributed by atoms with E-state index < -0.39 is 30.6 Å². The summed E-state index contributed by atoms with van der Waals surface area (Å²) < 4.78 is 7.03. The van der Waals surface area contributed by atoms with E-state index in [0.29, 0.717) is 11.0 Å². The van der Waals surface area contributed by atoms with Crippen molar-refractivity contribution in [3.63, 3.8) is 0 Å². The Kier molecular flexibility index (Phi) is 2.87. The number of nitrogens with two attached hydrogens (primary N) is 1. The second-order valence-corrected chi connectivity index (χ2v) is 5.00. The smallest absolute Gasteiger partial charge is 0.174 e. The molecule has 5 N–H and O–H groups in total. The number of aliphatic hydroxyl groups is 3. The molecule has 2 aromatic heterocycles. The molecule has 20 heavy (non-hydrogen) atoms. The third-order valence-electron chi connectivity index (χ3n) is 3.61. The third kappa shape index (κ3) is 1.68. The quantitative estimate of drug-likeness (QED) is 0.516. The van der Waals surface area contributed by atoms with Gasteiger partial charge < -0.3 is 25.8 Å². The molecule has 1 aliphatic rings. The molecule has 2 aromatic rings. The molecular formula is C11H15N5O4. The molecule has 9 heteroatoms. The average Bonchev–Trinajstić information content (AvgIpc) is 2.92. The van der Waals surface area contributed by atoms with Gasteiger partial charge in [-0.1, -0.05) is 0 Å². The summed E-state index contributed by atoms with van der Waals surface area (Å²) in [5.74, 6) is 0.165. The standard InChI is InChI=1S/C11H15N5O4/c1-11(19)8(18)6(3-17)20-10(11)16-4-13-7-5(16)2-14-15-9(7)12/h2,4,6,8,10,17-19H,3H2,1H3,(H2,12,15)/t6-,8-,10-,11-/m1/s1. The van der Waals surface area contributed by atoms with E-state index in [9.17, 15) is 15.3 Å². The van der Waals surface area contributed by atoms with Crippen LogP contribution in [0.2, 0.25) is 0 Å². The molecule has 4 atom stereocenters. The first-order valence-corrected chi connectivity index (χ1v) is 6.07. The summed E-state index contributed by atoms with van der Waals surface area (Å²) in [5.41, 5.74) is 5.04. The fraction of sp³-hybridized carbons (Fsp3) is 0.545. The molecule has 0 amide bonds. The Morgan fingerprint density at radius 1 is 1.55 bits per heavy atom. The predicted octanol–water partition coefficient (Wildman–Crippen LogP) is -1.59. The minimum atomic E-state index is -1.58. The zero-order valence-corrected chi connectivity index (χ0v) is 10.7. The van der Waals surface area contributed by atoms with Crippen LogP contribution in [0.15, 0.2) is 12.5 Å². The highest BCUT2D eigenvalue weighted by Gasteiger charge is 2.53. The number of aromatic nitrogens is 4. The van der Waals surface area contributed by atoms with Gasteiger partial charge in [0.05, 0.1) is 24.6 Å². The fourth-order valence-corrected chi connectivity index (χ4v) is 2.47. The van der Waals surface area contributed by atoms with Crippen molar-refractivity contribution in [3.05, 3.63) is 12.5 Å². The van der Waals surface area contributed by atoms with E-state index in [1.807, 2.05) is 0 Å². The van der Waals surface area contributed by atoms with Crippen molar-refractivity contribution >= 4 is 16.9 Å². The highest BCUT2D eigenvalue weighted by Crippen LogP contribution is 2.39. The molecule has 1 fully saturated rings. The van der Waals surface area contributed by atoms with Crippen LogP contribution in [-0.4, -0.2) is 59.5 Å². The highest BCUT2D eigenvalue weighted by molar-refractivity contribution is 5.83. The van der Waals surface area contributed by atoms with Crippen LogP contribution in [-0.2, 0) is 4.74 Å². The molecule has 0 spiro atoms. The summed E-state index contributed by atoms with van der Waals surface area (Å²) in [6, 6.07) is 0. The van der Waals surface area contributed by atoms with Crippen molar-refractivity contribution in [2.45, 2.75) is 31.0 Å². The first-order chi connectivity index (χ1) is 9.46. The van der Waals surface area contributed by atoms with Gasteiger partial charge in [-0.15, -0.1) is 5.10 Å². The Labute approximate surface area is 113 Å². The van der Waals surface area contributed by atoms with Gasteiger partial charge in [-0.3, -0.25) is 4.57 Å². The van der Waals surface area contributed by atoms with E-state index >= 15 is 0 Å². The predicted molar refractivity (Wildman–Crippen MR) is 67.4 cm³/mol. The summed E-state index contributed by atoms with van der Waals surface area (Å²) in [5, 5.41) is 37.0. The minimum Gasteiger partial charge on any atom is -0.394 e. The summed E-state index contributed by atoms with van der Waals surface area (Å²) in [6.07, 6.45) is -0.141. The van der Waals surface area contributed by atoms with E-state index in [4.69, 9.17) is 10.5 Å². The number of imidazole rings is 1. The third-order valence-corrected chi connectivity index (χ3v) is 3.61. The van der Waals surface area contributed by atoms with Gasteiger partial charge in [0.2, 0.25) is 0 Å². The molecule has 0 saturated carbocycles. The van der Waals surface area contributed by atoms with Gasteiger partial charge in [0.1, 0.15) is 23.3 Å². The van der Waals surface area contributed by atoms with Gasteiger partial charge in [0.25, 0.3) is 0 Å². The Morgan fingerprint density at radius 3 is 2.95 bits per heavy atom. The molecule has 0 aromatic carbocycles. The number of ether oxygens (including phenoxy) is 1. The van der Waals surface area contributed by atoms with Crippen molar-refractivity contribution in [1.29, 1.82) is 0 Å². The van der Waals surface area contributed by atoms with Crippen LogP contribution in [0.3, 0.4) is 0 Å². The van der Waals surface area contributed by atoms with Crippen LogP contribution in [0.25, 0.3) is 11.0 Å². The fourth-order valence-electron chi connectivity index (χ4n) is 2.47. The molecular weight excluding hydrogens is 266 g/mol. The lowest BCUT2D eigenvalue weighted by molar-refractivity contribution is -0.0948. The minimum absolute atomic E-state index is 0.165. The van der Waals surface area contributed by atoms with Crippen molar-refractivity contribution in [3.8, 4) is 0 Å². The van der Waals surface area contributed by atoms with Crippen LogP contribution in [0.1, 0.15) is 13.2 Å². The van der Waals surface area contributed by atoms with Crippen molar-refractivity contribution in [2.24, 2.45) is 0 Å². The molecule has 108 valence electrons. The van der Waals surface area contributed by atoms with Gasteiger partial charge in [0.15, 0.2) is 12.0 Å². The number of rotatable bonds is 2. The molecule has 3 heterocycles. The number of hydrogen-bond acceptors (Lipinski definition) is 8. The van der Waals surface area contributed by atoms with Gasteiger partial charge in [0, 0.05) is 0 Å². The average molecular weight is 281 g/mol. The lowest BCUT2D eigenvalue weighted by Crippen LogP contribution is -2.44. The Hall–Kier alpha value is -1.81. The monoisotopic (exact) mass is 281 g/mol. The number of nitrogens with zero attached hydrogens (tertiary/aromatic N) is 4. The highest BCUT2D eigenvalue weighted by atomic mass is 16.6. The van der Waals surface area contributed by atoms with Crippen LogP contribution in [0, 0.1) is 0 Å². The van der Waals surface area contributed by atoms with Crippen molar-refractivity contribution in [2.75, 3.05) is 12.3 Å². The summed E-state index contributed by atoms with van der Waals surface area (Å²) in [7, 11) is 0. The van der Waals surface area contributed by atoms with Crippen molar-refractivity contribution < 1.29 is 20.1 Å². The van der Waals surface area contributed by atoms with Crippen LogP contribution < -0.4 is 5.73 Å². The molecule has 0 aliphatic carbocycles. The number of fused-ring (bicyclic) bond motifs is 1. The van der Waals surface area contributed by atoms with E-state index in [1.165, 1.54) is 24.0 Å². The van der Waals surface area contributed by atoms with Gasteiger partial charge >= 0.3 is 0 Å². The summed E-state index contributed by atoms with van der Waals surface area (Å²) in [4.78, 5) is 4.10. The first kappa shape index (κ1) is 13.2. The van der Waals surface area contributed by atoms with Gasteiger partial charge in [-0.05, 0) is 6.92 Å². The zero-order chi connectivity index (χ0) is 14.5. The zero-order valence-electron chi connectivity index (χ0n) is 10.7. The van der Waals surface area contributed by atoms with Gasteiger partial charge in [-0.25, -0.2) is 4.98 Å². The number of nitrogen functional groups attached to an aromatic ring is 1. The number of aliphatic hydroxyl groups excluding tert-OH is 2. The van der Waals surface area contributed by atoms with Crippen molar-refractivity contribution in [1.82, 2.24) is 19.7 Å². The summed E-state index contributed by atoms with van der Waals surface area (Å²) in [6.45, 7) is 1.03. The number of anilines is 1. The molecule has 1 aliphatic heterocycles. The molecule has 0 bridgehead atoms. The molecule has 9 nitrogen and oxygen atoms in total. The maximum Gasteiger partial charge on any atom is 0.174 e. The first-order valence-electron chi connectivity index (χ1n) is 6.07. The summed E-state index contributed by atoms with van der Waals surface area (Å²) >= 11 is 0. The number of hydrogen-bond donors (Lipinski definition) is 4. The molecule has 1 saturated heterocycles. The topological polar surface area (TPSA) is 140 Å². The van der Waals surface area contributed by atoms with Gasteiger partial charge in [-0.2, -0.15) is 5.10 Å². The molecule has 0 unspecified atom stereocenters. The largest absolute Gasteiger partial charge is 0.394 e. The Morgan fingerprint density at radius 2 is 2.30 bits per heavy atom. The lowest BCUT2D eigenvalue weighted by atomic mass is 9.96. The lowest BCUT2D eigenvalue weighted by Gasteiger charge is -2.27. The SMILES string of the molecule is C[C@@]1(O)[C@H](O)[C@@H](CO)O[C@H]1n1cnc2c(N)nncc21. The van der Waals surface area contributed by atoms with Crippen LogP contribution in [0.5, 0.6) is 0 Å². The van der Waals surface area contributed by atoms with E-state index in [1.54, 1.807) is 0 Å². The molecule has 0 radical (unpaired) electrons. The Bertz CT molecular complexity index is 643. The maximum atomic E-state index is 10.4. The van der Waals surface area contributed by atoms with Crippen LogP contribution in [0.4, 0.5) is 5.82 Å². The molecule has 3 rings (SSSR count). The normalized spacial score (nSPS) is 33.9. The van der Waals surface area contributed by atoms with E-state index in [0.717, 1.165) is 0 Å².